The van der Waals surface area contributed by atoms with Gasteiger partial charge in [0.05, 0.1) is 5.69 Å². The van der Waals surface area contributed by atoms with E-state index in [1.54, 1.807) is 18.2 Å². The maximum absolute atomic E-state index is 12.7. The fourth-order valence-electron chi connectivity index (χ4n) is 1.66. The van der Waals surface area contributed by atoms with Crippen molar-refractivity contribution in [2.24, 2.45) is 0 Å². The summed E-state index contributed by atoms with van der Waals surface area (Å²) in [6.45, 7) is 1.92. The summed E-state index contributed by atoms with van der Waals surface area (Å²) >= 11 is 0. The Balaban J connectivity index is 2.24. The number of nitrogens with zero attached hydrogens (tertiary/aromatic N) is 1. The molecule has 1 aromatic carbocycles. The highest BCUT2D eigenvalue weighted by Gasteiger charge is 2.02. The summed E-state index contributed by atoms with van der Waals surface area (Å²) in [6.07, 6.45) is 1.26. The molecule has 88 valence electrons. The molecule has 1 N–H and O–H groups in total. The number of hydrogen-bond donors (Lipinski definition) is 1. The standard InChI is InChI=1S/C13H13FN2O/c1-2-10-8-12(15-16-13(10)17)7-9-3-5-11(14)6-4-9/h3-6,8H,2,7H2,1H3,(H,16,17). The molecule has 17 heavy (non-hydrogen) atoms. The third-order valence-corrected chi connectivity index (χ3v) is 2.61. The summed E-state index contributed by atoms with van der Waals surface area (Å²) in [5, 5.41) is 6.44. The lowest BCUT2D eigenvalue weighted by Gasteiger charge is -2.02. The van der Waals surface area contributed by atoms with Crippen LogP contribution in [-0.4, -0.2) is 10.2 Å². The van der Waals surface area contributed by atoms with Gasteiger partial charge in [-0.1, -0.05) is 19.1 Å². The van der Waals surface area contributed by atoms with E-state index in [4.69, 9.17) is 0 Å². The van der Waals surface area contributed by atoms with Gasteiger partial charge in [-0.3, -0.25) is 4.79 Å². The van der Waals surface area contributed by atoms with E-state index in [0.717, 1.165) is 16.8 Å². The minimum Gasteiger partial charge on any atom is -0.268 e. The number of benzene rings is 1. The zero-order valence-electron chi connectivity index (χ0n) is 9.53. The second kappa shape index (κ2) is 4.91. The molecule has 1 heterocycles. The number of H-pyrrole nitrogens is 1. The van der Waals surface area contributed by atoms with Gasteiger partial charge in [0, 0.05) is 12.0 Å². The minimum absolute atomic E-state index is 0.143. The van der Waals surface area contributed by atoms with E-state index in [1.165, 1.54) is 12.1 Å². The van der Waals surface area contributed by atoms with Crippen molar-refractivity contribution in [2.45, 2.75) is 19.8 Å². The second-order valence-electron chi connectivity index (χ2n) is 3.87. The van der Waals surface area contributed by atoms with Crippen molar-refractivity contribution < 1.29 is 4.39 Å². The lowest BCUT2D eigenvalue weighted by atomic mass is 10.1. The molecule has 0 bridgehead atoms. The van der Waals surface area contributed by atoms with Crippen LogP contribution in [0.1, 0.15) is 23.7 Å². The van der Waals surface area contributed by atoms with Gasteiger partial charge < -0.3 is 0 Å². The van der Waals surface area contributed by atoms with E-state index in [-0.39, 0.29) is 11.4 Å². The zero-order chi connectivity index (χ0) is 12.3. The summed E-state index contributed by atoms with van der Waals surface area (Å²) in [5.41, 5.74) is 2.33. The molecule has 2 aromatic rings. The van der Waals surface area contributed by atoms with Crippen LogP contribution < -0.4 is 5.56 Å². The van der Waals surface area contributed by atoms with Crippen LogP contribution in [0.4, 0.5) is 4.39 Å². The Hall–Kier alpha value is -1.97. The van der Waals surface area contributed by atoms with Crippen LogP contribution in [0.25, 0.3) is 0 Å². The molecule has 4 heteroatoms. The molecule has 0 saturated carbocycles. The Morgan fingerprint density at radius 2 is 2.00 bits per heavy atom. The number of aryl methyl sites for hydroxylation is 1. The highest BCUT2D eigenvalue weighted by Crippen LogP contribution is 2.08. The molecule has 3 nitrogen and oxygen atoms in total. The van der Waals surface area contributed by atoms with E-state index in [0.29, 0.717) is 12.8 Å². The third-order valence-electron chi connectivity index (χ3n) is 2.61. The molecule has 0 fully saturated rings. The van der Waals surface area contributed by atoms with Crippen molar-refractivity contribution in [3.05, 3.63) is 63.3 Å². The molecule has 0 unspecified atom stereocenters. The fourth-order valence-corrected chi connectivity index (χ4v) is 1.66. The van der Waals surface area contributed by atoms with Gasteiger partial charge in [-0.15, -0.1) is 0 Å². The van der Waals surface area contributed by atoms with Crippen molar-refractivity contribution >= 4 is 0 Å². The fraction of sp³-hybridized carbons (Fsp3) is 0.231. The van der Waals surface area contributed by atoms with Crippen molar-refractivity contribution in [3.63, 3.8) is 0 Å². The van der Waals surface area contributed by atoms with Gasteiger partial charge in [0.25, 0.3) is 5.56 Å². The Kier molecular flexibility index (Phi) is 3.32. The maximum Gasteiger partial charge on any atom is 0.267 e. The number of aromatic nitrogens is 2. The van der Waals surface area contributed by atoms with Crippen LogP contribution in [0.15, 0.2) is 35.1 Å². The van der Waals surface area contributed by atoms with Crippen molar-refractivity contribution in [1.29, 1.82) is 0 Å². The van der Waals surface area contributed by atoms with E-state index in [9.17, 15) is 9.18 Å². The van der Waals surface area contributed by atoms with Crippen LogP contribution in [0.3, 0.4) is 0 Å². The largest absolute Gasteiger partial charge is 0.268 e. The molecule has 0 amide bonds. The average Bonchev–Trinajstić information content (AvgIpc) is 2.34. The number of halogens is 1. The van der Waals surface area contributed by atoms with Crippen molar-refractivity contribution in [1.82, 2.24) is 10.2 Å². The first-order valence-corrected chi connectivity index (χ1v) is 5.51. The summed E-state index contributed by atoms with van der Waals surface area (Å²) in [6, 6.07) is 8.06. The normalized spacial score (nSPS) is 10.5. The summed E-state index contributed by atoms with van der Waals surface area (Å²) in [4.78, 5) is 11.3. The van der Waals surface area contributed by atoms with Crippen LogP contribution in [0.2, 0.25) is 0 Å². The zero-order valence-corrected chi connectivity index (χ0v) is 9.53. The predicted octanol–water partition coefficient (Wildman–Crippen LogP) is 2.06. The van der Waals surface area contributed by atoms with Crippen LogP contribution in [0.5, 0.6) is 0 Å². The van der Waals surface area contributed by atoms with E-state index >= 15 is 0 Å². The first-order chi connectivity index (χ1) is 8.19. The Morgan fingerprint density at radius 1 is 1.29 bits per heavy atom. The monoisotopic (exact) mass is 232 g/mol. The van der Waals surface area contributed by atoms with Gasteiger partial charge in [0.15, 0.2) is 0 Å². The molecule has 0 aliphatic heterocycles. The first-order valence-electron chi connectivity index (χ1n) is 5.51. The summed E-state index contributed by atoms with van der Waals surface area (Å²) < 4.78 is 12.7. The van der Waals surface area contributed by atoms with Gasteiger partial charge in [-0.25, -0.2) is 9.49 Å². The molecular weight excluding hydrogens is 219 g/mol. The average molecular weight is 232 g/mol. The second-order valence-corrected chi connectivity index (χ2v) is 3.87. The quantitative estimate of drug-likeness (QED) is 0.880. The molecular formula is C13H13FN2O. The highest BCUT2D eigenvalue weighted by molar-refractivity contribution is 5.23. The van der Waals surface area contributed by atoms with Crippen molar-refractivity contribution in [3.8, 4) is 0 Å². The molecule has 0 spiro atoms. The number of aromatic amines is 1. The molecule has 0 aliphatic rings. The predicted molar refractivity (Wildman–Crippen MR) is 63.4 cm³/mol. The topological polar surface area (TPSA) is 45.8 Å². The van der Waals surface area contributed by atoms with E-state index < -0.39 is 0 Å². The Bertz CT molecular complexity index is 560. The highest BCUT2D eigenvalue weighted by atomic mass is 19.1. The van der Waals surface area contributed by atoms with Gasteiger partial charge in [0.1, 0.15) is 5.82 Å². The Labute approximate surface area is 98.3 Å². The van der Waals surface area contributed by atoms with Gasteiger partial charge in [-0.2, -0.15) is 5.10 Å². The molecule has 0 atom stereocenters. The molecule has 0 radical (unpaired) electrons. The van der Waals surface area contributed by atoms with Crippen molar-refractivity contribution in [2.75, 3.05) is 0 Å². The number of hydrogen-bond acceptors (Lipinski definition) is 2. The minimum atomic E-state index is -0.252. The maximum atomic E-state index is 12.7. The van der Waals surface area contributed by atoms with Crippen LogP contribution in [0, 0.1) is 5.82 Å². The van der Waals surface area contributed by atoms with E-state index in [1.807, 2.05) is 6.92 Å². The third kappa shape index (κ3) is 2.78. The number of rotatable bonds is 3. The lowest BCUT2D eigenvalue weighted by Crippen LogP contribution is -2.15. The SMILES string of the molecule is CCc1cc(Cc2ccc(F)cc2)n[nH]c1=O. The molecule has 1 aromatic heterocycles. The molecule has 0 saturated heterocycles. The van der Waals surface area contributed by atoms with Gasteiger partial charge in [-0.05, 0) is 30.2 Å². The van der Waals surface area contributed by atoms with Gasteiger partial charge in [0.2, 0.25) is 0 Å². The summed E-state index contributed by atoms with van der Waals surface area (Å²) in [7, 11) is 0. The Morgan fingerprint density at radius 3 is 2.65 bits per heavy atom. The van der Waals surface area contributed by atoms with Crippen LogP contribution in [-0.2, 0) is 12.8 Å². The summed E-state index contributed by atoms with van der Waals surface area (Å²) in [5.74, 6) is -0.252. The first kappa shape index (κ1) is 11.5. The smallest absolute Gasteiger partial charge is 0.267 e. The molecule has 0 aliphatic carbocycles. The van der Waals surface area contributed by atoms with Crippen LogP contribution >= 0.6 is 0 Å². The lowest BCUT2D eigenvalue weighted by molar-refractivity contribution is 0.627. The van der Waals surface area contributed by atoms with Gasteiger partial charge >= 0.3 is 0 Å². The number of nitrogens with one attached hydrogen (secondary N) is 1. The molecule has 2 rings (SSSR count). The van der Waals surface area contributed by atoms with E-state index in [2.05, 4.69) is 10.2 Å².